The minimum absolute atomic E-state index is 0.0209. The molecule has 0 aromatic heterocycles. The zero-order valence-electron chi connectivity index (χ0n) is 20.2. The van der Waals surface area contributed by atoms with Crippen LogP contribution in [0.5, 0.6) is 0 Å². The SMILES string of the molecule is CCCCCCCC/C=C/CCCCCCCCC(=O)OC(CS(=O)(=O)[O-])(C(F)(F)F)C(F)(F)F. The monoisotopic (exact) mass is 539 g/mol. The molecule has 35 heavy (non-hydrogen) atoms. The summed E-state index contributed by atoms with van der Waals surface area (Å²) in [5.41, 5.74) is -5.39. The predicted octanol–water partition coefficient (Wildman–Crippen LogP) is 7.37. The van der Waals surface area contributed by atoms with E-state index in [4.69, 9.17) is 0 Å². The first-order chi connectivity index (χ1) is 16.2. The van der Waals surface area contributed by atoms with Crippen molar-refractivity contribution in [2.75, 3.05) is 5.75 Å². The van der Waals surface area contributed by atoms with E-state index in [9.17, 15) is 44.1 Å². The lowest BCUT2D eigenvalue weighted by atomic mass is 10.0. The maximum atomic E-state index is 13.1. The Labute approximate surface area is 204 Å². The number of alkyl halides is 6. The molecule has 0 radical (unpaired) electrons. The van der Waals surface area contributed by atoms with E-state index in [0.29, 0.717) is 12.8 Å². The van der Waals surface area contributed by atoms with E-state index in [0.717, 1.165) is 32.1 Å². The minimum atomic E-state index is -6.33. The molecule has 0 unspecified atom stereocenters. The van der Waals surface area contributed by atoms with Crippen molar-refractivity contribution in [2.45, 2.75) is 121 Å². The quantitative estimate of drug-likeness (QED) is 0.0563. The van der Waals surface area contributed by atoms with Gasteiger partial charge in [0.2, 0.25) is 0 Å². The predicted molar refractivity (Wildman–Crippen MR) is 120 cm³/mol. The number of unbranched alkanes of at least 4 members (excludes halogenated alkanes) is 12. The van der Waals surface area contributed by atoms with Gasteiger partial charge in [-0.15, -0.1) is 0 Å². The average Bonchev–Trinajstić information content (AvgIpc) is 2.70. The fraction of sp³-hybridized carbons (Fsp3) is 0.870. The van der Waals surface area contributed by atoms with Crippen LogP contribution in [0.15, 0.2) is 12.2 Å². The Morgan fingerprint density at radius 1 is 0.743 bits per heavy atom. The lowest BCUT2D eigenvalue weighted by Crippen LogP contribution is -2.63. The van der Waals surface area contributed by atoms with Crippen LogP contribution in [-0.2, 0) is 19.6 Å². The molecule has 0 atom stereocenters. The Morgan fingerprint density at radius 3 is 1.54 bits per heavy atom. The molecule has 0 bridgehead atoms. The second kappa shape index (κ2) is 16.4. The molecule has 0 aromatic carbocycles. The van der Waals surface area contributed by atoms with Crippen LogP contribution < -0.4 is 0 Å². The van der Waals surface area contributed by atoms with Gasteiger partial charge in [0, 0.05) is 6.42 Å². The summed E-state index contributed by atoms with van der Waals surface area (Å²) in [5.74, 6) is -4.83. The number of carbonyl (C=O) groups is 1. The molecule has 0 aromatic rings. The largest absolute Gasteiger partial charge is 0.748 e. The van der Waals surface area contributed by atoms with Gasteiger partial charge in [-0.1, -0.05) is 76.9 Å². The zero-order chi connectivity index (χ0) is 27.0. The van der Waals surface area contributed by atoms with E-state index in [2.05, 4.69) is 23.8 Å². The maximum Gasteiger partial charge on any atom is 0.438 e. The summed E-state index contributed by atoms with van der Waals surface area (Å²) in [4.78, 5) is 11.7. The highest BCUT2D eigenvalue weighted by atomic mass is 32.2. The fourth-order valence-corrected chi connectivity index (χ4v) is 4.36. The summed E-state index contributed by atoms with van der Waals surface area (Å²) in [6, 6.07) is 0. The van der Waals surface area contributed by atoms with Crippen molar-refractivity contribution >= 4 is 16.1 Å². The molecule has 0 aliphatic heterocycles. The van der Waals surface area contributed by atoms with Crippen molar-refractivity contribution in [2.24, 2.45) is 0 Å². The van der Waals surface area contributed by atoms with Gasteiger partial charge in [-0.2, -0.15) is 26.3 Å². The number of carbonyl (C=O) groups excluding carboxylic acids is 1. The maximum absolute atomic E-state index is 13.1. The fourth-order valence-electron chi connectivity index (χ4n) is 3.48. The second-order valence-electron chi connectivity index (χ2n) is 8.69. The van der Waals surface area contributed by atoms with Crippen molar-refractivity contribution in [1.29, 1.82) is 0 Å². The topological polar surface area (TPSA) is 83.5 Å². The van der Waals surface area contributed by atoms with E-state index in [1.165, 1.54) is 38.5 Å². The highest BCUT2D eigenvalue weighted by molar-refractivity contribution is 7.85. The number of halogens is 6. The average molecular weight is 540 g/mol. The van der Waals surface area contributed by atoms with Crippen molar-refractivity contribution in [3.05, 3.63) is 12.2 Å². The van der Waals surface area contributed by atoms with Crippen molar-refractivity contribution in [1.82, 2.24) is 0 Å². The minimum Gasteiger partial charge on any atom is -0.748 e. The summed E-state index contributed by atoms with van der Waals surface area (Å²) < 4.78 is 114. The Morgan fingerprint density at radius 2 is 1.14 bits per heavy atom. The van der Waals surface area contributed by atoms with Gasteiger partial charge in [-0.3, -0.25) is 4.79 Å². The van der Waals surface area contributed by atoms with Crippen LogP contribution in [0.1, 0.15) is 103 Å². The van der Waals surface area contributed by atoms with Crippen molar-refractivity contribution in [3.8, 4) is 0 Å². The highest BCUT2D eigenvalue weighted by Crippen LogP contribution is 2.47. The van der Waals surface area contributed by atoms with Crippen LogP contribution in [0.3, 0.4) is 0 Å². The lowest BCUT2D eigenvalue weighted by molar-refractivity contribution is -0.361. The van der Waals surface area contributed by atoms with E-state index in [-0.39, 0.29) is 6.42 Å². The second-order valence-corrected chi connectivity index (χ2v) is 10.1. The number of rotatable bonds is 19. The molecule has 0 fully saturated rings. The van der Waals surface area contributed by atoms with Gasteiger partial charge in [0.15, 0.2) is 0 Å². The standard InChI is InChI=1S/C23H38F6O5S/c1-2-3-4-5-6-7-8-9-10-11-12-13-14-15-16-17-18-20(30)34-21(22(24,25)26,23(27,28)29)19-35(31,32)33/h9-10H,2-8,11-19H2,1H3,(H,31,32,33)/p-1/b10-9+. The highest BCUT2D eigenvalue weighted by Gasteiger charge is 2.75. The molecule has 0 aliphatic carbocycles. The number of hydrogen-bond acceptors (Lipinski definition) is 5. The summed E-state index contributed by atoms with van der Waals surface area (Å²) in [6.07, 6.45) is 4.03. The third kappa shape index (κ3) is 14.8. The summed E-state index contributed by atoms with van der Waals surface area (Å²) >= 11 is 0. The Hall–Kier alpha value is -1.30. The van der Waals surface area contributed by atoms with Gasteiger partial charge in [-0.25, -0.2) is 8.42 Å². The van der Waals surface area contributed by atoms with E-state index >= 15 is 0 Å². The lowest BCUT2D eigenvalue weighted by Gasteiger charge is -2.36. The number of esters is 1. The van der Waals surface area contributed by atoms with Gasteiger partial charge < -0.3 is 9.29 Å². The van der Waals surface area contributed by atoms with E-state index < -0.39 is 46.2 Å². The van der Waals surface area contributed by atoms with Crippen LogP contribution in [0, 0.1) is 0 Å². The molecule has 0 heterocycles. The van der Waals surface area contributed by atoms with Crippen molar-refractivity contribution < 1.29 is 48.8 Å². The van der Waals surface area contributed by atoms with Crippen LogP contribution in [0.2, 0.25) is 0 Å². The van der Waals surface area contributed by atoms with Gasteiger partial charge in [0.25, 0.3) is 0 Å². The van der Waals surface area contributed by atoms with E-state index in [1.54, 1.807) is 0 Å². The molecule has 0 saturated carbocycles. The zero-order valence-corrected chi connectivity index (χ0v) is 21.0. The number of ether oxygens (including phenoxy) is 1. The van der Waals surface area contributed by atoms with Gasteiger partial charge in [0.05, 0.1) is 15.9 Å². The molecule has 0 rings (SSSR count). The molecular formula is C23H37F6O5S-. The van der Waals surface area contributed by atoms with Gasteiger partial charge in [0.1, 0.15) is 0 Å². The molecule has 0 amide bonds. The van der Waals surface area contributed by atoms with Gasteiger partial charge >= 0.3 is 23.9 Å². The number of allylic oxidation sites excluding steroid dienone is 2. The van der Waals surface area contributed by atoms with Crippen LogP contribution >= 0.6 is 0 Å². The molecule has 0 N–H and O–H groups in total. The molecule has 0 spiro atoms. The Kier molecular flexibility index (Phi) is 15.8. The first-order valence-corrected chi connectivity index (χ1v) is 13.7. The summed E-state index contributed by atoms with van der Waals surface area (Å²) in [5, 5.41) is 0. The molecule has 12 heteroatoms. The Bertz CT molecular complexity index is 703. The molecule has 5 nitrogen and oxygen atoms in total. The smallest absolute Gasteiger partial charge is 0.438 e. The van der Waals surface area contributed by atoms with E-state index in [1.807, 2.05) is 0 Å². The van der Waals surface area contributed by atoms with Gasteiger partial charge in [-0.05, 0) is 32.1 Å². The summed E-state index contributed by atoms with van der Waals surface area (Å²) in [7, 11) is -6.02. The first-order valence-electron chi connectivity index (χ1n) is 12.1. The normalized spacial score (nSPS) is 13.5. The van der Waals surface area contributed by atoms with Crippen molar-refractivity contribution in [3.63, 3.8) is 0 Å². The third-order valence-corrected chi connectivity index (χ3v) is 6.24. The first kappa shape index (κ1) is 33.7. The molecule has 0 aliphatic rings. The van der Waals surface area contributed by atoms with Crippen LogP contribution in [0.25, 0.3) is 0 Å². The Balaban J connectivity index is 4.20. The number of hydrogen-bond donors (Lipinski definition) is 0. The third-order valence-electron chi connectivity index (χ3n) is 5.48. The molecular weight excluding hydrogens is 502 g/mol. The van der Waals surface area contributed by atoms with Crippen LogP contribution in [-0.4, -0.2) is 42.6 Å². The summed E-state index contributed by atoms with van der Waals surface area (Å²) in [6.45, 7) is 2.18. The van der Waals surface area contributed by atoms with Crippen LogP contribution in [0.4, 0.5) is 26.3 Å². The molecule has 0 saturated heterocycles. The molecule has 208 valence electrons.